The maximum atomic E-state index is 12.5. The summed E-state index contributed by atoms with van der Waals surface area (Å²) in [6.07, 6.45) is 3.62. The molecule has 20 heavy (non-hydrogen) atoms. The molecule has 4 heteroatoms. The molecule has 0 unspecified atom stereocenters. The van der Waals surface area contributed by atoms with E-state index in [1.54, 1.807) is 0 Å². The zero-order valence-corrected chi connectivity index (χ0v) is 13.2. The van der Waals surface area contributed by atoms with Gasteiger partial charge in [-0.3, -0.25) is 4.79 Å². The summed E-state index contributed by atoms with van der Waals surface area (Å²) in [5, 5.41) is 13.1. The van der Waals surface area contributed by atoms with E-state index >= 15 is 0 Å². The molecular formula is C16H29NO3. The van der Waals surface area contributed by atoms with Gasteiger partial charge in [0.2, 0.25) is 5.91 Å². The number of hydrogen-bond acceptors (Lipinski definition) is 3. The number of carbonyl (C=O) groups is 1. The van der Waals surface area contributed by atoms with Crippen LogP contribution in [-0.2, 0) is 9.53 Å². The van der Waals surface area contributed by atoms with Crippen LogP contribution in [-0.4, -0.2) is 35.9 Å². The molecule has 116 valence electrons. The van der Waals surface area contributed by atoms with Crippen LogP contribution in [0.1, 0.15) is 53.4 Å². The number of aliphatic hydroxyl groups is 1. The van der Waals surface area contributed by atoms with Gasteiger partial charge in [-0.05, 0) is 43.9 Å². The van der Waals surface area contributed by atoms with Gasteiger partial charge >= 0.3 is 0 Å². The summed E-state index contributed by atoms with van der Waals surface area (Å²) in [7, 11) is 0. The average Bonchev–Trinajstić information content (AvgIpc) is 2.72. The maximum Gasteiger partial charge on any atom is 0.226 e. The fourth-order valence-corrected chi connectivity index (χ4v) is 4.43. The molecule has 1 heterocycles. The third-order valence-electron chi connectivity index (χ3n) is 4.86. The fraction of sp³-hybridized carbons (Fsp3) is 0.938. The molecule has 2 aliphatic rings. The molecule has 0 bridgehead atoms. The van der Waals surface area contributed by atoms with E-state index in [4.69, 9.17) is 4.74 Å². The first-order valence-corrected chi connectivity index (χ1v) is 7.81. The van der Waals surface area contributed by atoms with Gasteiger partial charge in [-0.15, -0.1) is 0 Å². The van der Waals surface area contributed by atoms with E-state index in [1.165, 1.54) is 0 Å². The molecule has 0 spiro atoms. The molecule has 2 rings (SSSR count). The molecule has 2 N–H and O–H groups in total. The smallest absolute Gasteiger partial charge is 0.226 e. The molecule has 0 aromatic rings. The highest BCUT2D eigenvalue weighted by atomic mass is 16.5. The first-order chi connectivity index (χ1) is 9.27. The topological polar surface area (TPSA) is 58.6 Å². The van der Waals surface area contributed by atoms with Crippen molar-refractivity contribution < 1.29 is 14.6 Å². The van der Waals surface area contributed by atoms with Gasteiger partial charge in [-0.1, -0.05) is 20.8 Å². The van der Waals surface area contributed by atoms with E-state index in [0.29, 0.717) is 12.5 Å². The molecule has 1 saturated carbocycles. The second-order valence-corrected chi connectivity index (χ2v) is 7.75. The Hall–Kier alpha value is -0.610. The normalized spacial score (nSPS) is 40.5. The molecule has 1 amide bonds. The lowest BCUT2D eigenvalue weighted by Crippen LogP contribution is -2.58. The van der Waals surface area contributed by atoms with Crippen LogP contribution in [0, 0.1) is 17.3 Å². The third kappa shape index (κ3) is 3.34. The van der Waals surface area contributed by atoms with Crippen molar-refractivity contribution >= 4 is 5.91 Å². The minimum atomic E-state index is -0.458. The number of rotatable bonds is 3. The Bertz CT molecular complexity index is 369. The van der Waals surface area contributed by atoms with Crippen molar-refractivity contribution in [2.24, 2.45) is 17.3 Å². The number of carbonyl (C=O) groups excluding carboxylic acids is 1. The van der Waals surface area contributed by atoms with Gasteiger partial charge in [0, 0.05) is 6.61 Å². The minimum Gasteiger partial charge on any atom is -0.394 e. The minimum absolute atomic E-state index is 0.0141. The summed E-state index contributed by atoms with van der Waals surface area (Å²) in [5.74, 6) is 0.496. The van der Waals surface area contributed by atoms with E-state index in [-0.39, 0.29) is 30.0 Å². The van der Waals surface area contributed by atoms with Crippen molar-refractivity contribution in [1.29, 1.82) is 0 Å². The largest absolute Gasteiger partial charge is 0.394 e. The first-order valence-electron chi connectivity index (χ1n) is 7.81. The second-order valence-electron chi connectivity index (χ2n) is 7.75. The molecule has 1 saturated heterocycles. The quantitative estimate of drug-likeness (QED) is 0.834. The molecule has 0 aromatic carbocycles. The van der Waals surface area contributed by atoms with Crippen molar-refractivity contribution in [3.8, 4) is 0 Å². The van der Waals surface area contributed by atoms with E-state index in [0.717, 1.165) is 25.7 Å². The molecule has 0 radical (unpaired) electrons. The lowest BCUT2D eigenvalue weighted by molar-refractivity contribution is -0.130. The Morgan fingerprint density at radius 3 is 2.55 bits per heavy atom. The first kappa shape index (κ1) is 15.8. The molecule has 2 fully saturated rings. The molecule has 0 aromatic heterocycles. The van der Waals surface area contributed by atoms with Gasteiger partial charge in [0.05, 0.1) is 24.2 Å². The van der Waals surface area contributed by atoms with Gasteiger partial charge < -0.3 is 15.2 Å². The predicted molar refractivity (Wildman–Crippen MR) is 78.3 cm³/mol. The summed E-state index contributed by atoms with van der Waals surface area (Å²) >= 11 is 0. The molecule has 4 atom stereocenters. The van der Waals surface area contributed by atoms with Crippen LogP contribution in [0.25, 0.3) is 0 Å². The highest BCUT2D eigenvalue weighted by Gasteiger charge is 2.45. The second kappa shape index (κ2) is 5.64. The van der Waals surface area contributed by atoms with Crippen molar-refractivity contribution in [2.45, 2.75) is 65.0 Å². The van der Waals surface area contributed by atoms with Crippen LogP contribution >= 0.6 is 0 Å². The van der Waals surface area contributed by atoms with Crippen LogP contribution < -0.4 is 5.32 Å². The third-order valence-corrected chi connectivity index (χ3v) is 4.86. The Morgan fingerprint density at radius 2 is 2.05 bits per heavy atom. The average molecular weight is 283 g/mol. The number of nitrogens with one attached hydrogen (secondary N) is 1. The monoisotopic (exact) mass is 283 g/mol. The van der Waals surface area contributed by atoms with Crippen LogP contribution in [0.3, 0.4) is 0 Å². The number of aliphatic hydroxyl groups excluding tert-OH is 1. The lowest BCUT2D eigenvalue weighted by atomic mass is 9.64. The van der Waals surface area contributed by atoms with Crippen LogP contribution in [0.5, 0.6) is 0 Å². The summed E-state index contributed by atoms with van der Waals surface area (Å²) in [6.45, 7) is 9.29. The molecule has 4 nitrogen and oxygen atoms in total. The highest BCUT2D eigenvalue weighted by molar-refractivity contribution is 5.80. The number of amides is 1. The molecular weight excluding hydrogens is 254 g/mol. The Kier molecular flexibility index (Phi) is 4.45. The van der Waals surface area contributed by atoms with Crippen molar-refractivity contribution in [2.75, 3.05) is 13.2 Å². The van der Waals surface area contributed by atoms with Gasteiger partial charge in [-0.25, -0.2) is 0 Å². The number of hydrogen-bond donors (Lipinski definition) is 2. The number of ether oxygens (including phenoxy) is 1. The van der Waals surface area contributed by atoms with Gasteiger partial charge in [0.1, 0.15) is 0 Å². The predicted octanol–water partition coefficient (Wildman–Crippen LogP) is 2.10. The van der Waals surface area contributed by atoms with Gasteiger partial charge in [0.15, 0.2) is 0 Å². The Balaban J connectivity index is 2.09. The fourth-order valence-electron chi connectivity index (χ4n) is 4.43. The van der Waals surface area contributed by atoms with Gasteiger partial charge in [-0.2, -0.15) is 0 Å². The van der Waals surface area contributed by atoms with E-state index in [9.17, 15) is 9.90 Å². The van der Waals surface area contributed by atoms with Gasteiger partial charge in [0.25, 0.3) is 0 Å². The molecule has 1 aliphatic heterocycles. The van der Waals surface area contributed by atoms with E-state index in [1.807, 2.05) is 6.92 Å². The van der Waals surface area contributed by atoms with Crippen LogP contribution in [0.15, 0.2) is 0 Å². The zero-order chi connectivity index (χ0) is 15.0. The summed E-state index contributed by atoms with van der Waals surface area (Å²) in [5.41, 5.74) is -0.300. The van der Waals surface area contributed by atoms with E-state index in [2.05, 4.69) is 26.1 Å². The Morgan fingerprint density at radius 1 is 1.35 bits per heavy atom. The summed E-state index contributed by atoms with van der Waals surface area (Å²) in [4.78, 5) is 12.5. The summed E-state index contributed by atoms with van der Waals surface area (Å²) in [6, 6.07) is 0. The van der Waals surface area contributed by atoms with Crippen LogP contribution in [0.4, 0.5) is 0 Å². The van der Waals surface area contributed by atoms with Crippen LogP contribution in [0.2, 0.25) is 0 Å². The molecule has 1 aliphatic carbocycles. The standard InChI is InChI=1S/C16H29NO3/c1-11-7-15(3,4)9-16(8-11,10-18)17-14(19)13-5-6-20-12(13)2/h11-13,18H,5-10H2,1-4H3,(H,17,19)/t11-,12-,13-,16-/m1/s1. The lowest BCUT2D eigenvalue weighted by Gasteiger charge is -2.47. The van der Waals surface area contributed by atoms with Crippen molar-refractivity contribution in [3.05, 3.63) is 0 Å². The summed E-state index contributed by atoms with van der Waals surface area (Å²) < 4.78 is 5.48. The highest BCUT2D eigenvalue weighted by Crippen LogP contribution is 2.44. The zero-order valence-electron chi connectivity index (χ0n) is 13.2. The van der Waals surface area contributed by atoms with E-state index < -0.39 is 5.54 Å². The van der Waals surface area contributed by atoms with Crippen molar-refractivity contribution in [1.82, 2.24) is 5.32 Å². The SMILES string of the molecule is C[C@@H]1CC(C)(C)C[C@](CO)(NC(=O)[C@@H]2CCO[C@@H]2C)C1. The maximum absolute atomic E-state index is 12.5. The van der Waals surface area contributed by atoms with Crippen molar-refractivity contribution in [3.63, 3.8) is 0 Å². The Labute approximate surface area is 122 Å².